The molecule has 0 spiro atoms. The van der Waals surface area contributed by atoms with Gasteiger partial charge < -0.3 is 5.32 Å². The molecule has 0 atom stereocenters. The lowest BCUT2D eigenvalue weighted by molar-refractivity contribution is -0.151. The van der Waals surface area contributed by atoms with Crippen molar-refractivity contribution in [3.05, 3.63) is 0 Å². The van der Waals surface area contributed by atoms with Gasteiger partial charge in [-0.05, 0) is 37.6 Å². The first-order valence-corrected chi connectivity index (χ1v) is 7.96. The van der Waals surface area contributed by atoms with Gasteiger partial charge in [-0.3, -0.25) is 4.90 Å². The normalized spacial score (nSPS) is 23.2. The highest BCUT2D eigenvalue weighted by Crippen LogP contribution is 2.40. The third-order valence-corrected chi connectivity index (χ3v) is 4.65. The Morgan fingerprint density at radius 1 is 1.15 bits per heavy atom. The molecule has 1 N–H and O–H groups in total. The molecule has 0 aliphatic heterocycles. The van der Waals surface area contributed by atoms with E-state index in [1.165, 1.54) is 6.42 Å². The molecule has 0 heterocycles. The van der Waals surface area contributed by atoms with Gasteiger partial charge in [0.05, 0.1) is 6.54 Å². The van der Waals surface area contributed by atoms with Crippen LogP contribution in [-0.4, -0.2) is 43.3 Å². The minimum atomic E-state index is -4.07. The van der Waals surface area contributed by atoms with Gasteiger partial charge in [-0.1, -0.05) is 26.2 Å². The zero-order chi connectivity index (χ0) is 14.6. The summed E-state index contributed by atoms with van der Waals surface area (Å²) < 4.78 is 38.3. The Morgan fingerprint density at radius 3 is 2.30 bits per heavy atom. The van der Waals surface area contributed by atoms with Gasteiger partial charge in [0.1, 0.15) is 0 Å². The van der Waals surface area contributed by atoms with Crippen molar-refractivity contribution >= 4 is 0 Å². The lowest BCUT2D eigenvalue weighted by Gasteiger charge is -2.42. The van der Waals surface area contributed by atoms with Crippen LogP contribution >= 0.6 is 0 Å². The van der Waals surface area contributed by atoms with Gasteiger partial charge in [-0.25, -0.2) is 0 Å². The van der Waals surface area contributed by atoms with Crippen LogP contribution in [0.25, 0.3) is 0 Å². The number of alkyl halides is 3. The maximum Gasteiger partial charge on any atom is 0.401 e. The molecular formula is C15H27F3N2. The summed E-state index contributed by atoms with van der Waals surface area (Å²) in [5.41, 5.74) is 0.0576. The van der Waals surface area contributed by atoms with E-state index < -0.39 is 12.7 Å². The van der Waals surface area contributed by atoms with E-state index in [1.54, 1.807) is 4.90 Å². The van der Waals surface area contributed by atoms with Gasteiger partial charge in [-0.2, -0.15) is 13.2 Å². The predicted octanol–water partition coefficient (Wildman–Crippen LogP) is 3.57. The van der Waals surface area contributed by atoms with Crippen LogP contribution in [-0.2, 0) is 0 Å². The van der Waals surface area contributed by atoms with Crippen molar-refractivity contribution in [2.75, 3.05) is 26.2 Å². The molecule has 20 heavy (non-hydrogen) atoms. The topological polar surface area (TPSA) is 15.3 Å². The van der Waals surface area contributed by atoms with Gasteiger partial charge in [0, 0.05) is 19.1 Å². The number of halogens is 3. The summed E-state index contributed by atoms with van der Waals surface area (Å²) in [4.78, 5) is 1.71. The Kier molecular flexibility index (Phi) is 5.35. The first-order chi connectivity index (χ1) is 9.44. The molecule has 0 aromatic rings. The Morgan fingerprint density at radius 2 is 1.80 bits per heavy atom. The van der Waals surface area contributed by atoms with Crippen LogP contribution in [0.15, 0.2) is 0 Å². The molecule has 2 aliphatic rings. The summed E-state index contributed by atoms with van der Waals surface area (Å²) in [6.45, 7) is 3.70. The average Bonchev–Trinajstić information content (AvgIpc) is 3.19. The summed E-state index contributed by atoms with van der Waals surface area (Å²) in [5.74, 6) is 0. The minimum Gasteiger partial charge on any atom is -0.316 e. The number of rotatable bonds is 7. The molecular weight excluding hydrogens is 265 g/mol. The van der Waals surface area contributed by atoms with Crippen LogP contribution in [0.3, 0.4) is 0 Å². The molecule has 0 aromatic carbocycles. The minimum absolute atomic E-state index is 0.0576. The first kappa shape index (κ1) is 16.1. The fourth-order valence-electron chi connectivity index (χ4n) is 3.50. The number of hydrogen-bond donors (Lipinski definition) is 1. The van der Waals surface area contributed by atoms with E-state index >= 15 is 0 Å². The van der Waals surface area contributed by atoms with Crippen LogP contribution < -0.4 is 5.32 Å². The molecule has 2 rings (SSSR count). The molecule has 2 saturated carbocycles. The zero-order valence-electron chi connectivity index (χ0n) is 12.4. The average molecular weight is 292 g/mol. The Labute approximate surface area is 120 Å². The summed E-state index contributed by atoms with van der Waals surface area (Å²) in [6.07, 6.45) is 3.50. The van der Waals surface area contributed by atoms with Gasteiger partial charge in [0.25, 0.3) is 0 Å². The molecule has 0 amide bonds. The number of hydrogen-bond acceptors (Lipinski definition) is 2. The van der Waals surface area contributed by atoms with Crippen LogP contribution in [0.2, 0.25) is 0 Å². The van der Waals surface area contributed by atoms with Gasteiger partial charge >= 0.3 is 6.18 Å². The molecule has 2 nitrogen and oxygen atoms in total. The maximum absolute atomic E-state index is 12.8. The summed E-state index contributed by atoms with van der Waals surface area (Å²) >= 11 is 0. The smallest absolute Gasteiger partial charge is 0.316 e. The molecule has 2 aliphatic carbocycles. The van der Waals surface area contributed by atoms with Crippen molar-refractivity contribution in [1.29, 1.82) is 0 Å². The summed E-state index contributed by atoms with van der Waals surface area (Å²) in [6, 6.07) is 0.178. The van der Waals surface area contributed by atoms with Crippen molar-refractivity contribution < 1.29 is 13.2 Å². The molecule has 0 radical (unpaired) electrons. The third-order valence-electron chi connectivity index (χ3n) is 4.65. The molecule has 0 aromatic heterocycles. The summed E-state index contributed by atoms with van der Waals surface area (Å²) in [7, 11) is 0. The molecule has 2 fully saturated rings. The quantitative estimate of drug-likeness (QED) is 0.771. The van der Waals surface area contributed by atoms with E-state index in [9.17, 15) is 13.2 Å². The third kappa shape index (κ3) is 4.92. The maximum atomic E-state index is 12.8. The van der Waals surface area contributed by atoms with E-state index in [0.717, 1.165) is 51.6 Å². The Balaban J connectivity index is 1.99. The van der Waals surface area contributed by atoms with Gasteiger partial charge in [0.2, 0.25) is 0 Å². The molecule has 5 heteroatoms. The SMILES string of the molecule is CCNCC1(CN(CC(F)(F)F)C2CC2)CCCCC1. The molecule has 0 unspecified atom stereocenters. The largest absolute Gasteiger partial charge is 0.401 e. The van der Waals surface area contributed by atoms with Crippen LogP contribution in [0.1, 0.15) is 51.9 Å². The van der Waals surface area contributed by atoms with Crippen LogP contribution in [0, 0.1) is 5.41 Å². The second-order valence-electron chi connectivity index (χ2n) is 6.59. The van der Waals surface area contributed by atoms with Crippen LogP contribution in [0.4, 0.5) is 13.2 Å². The Bertz CT molecular complexity index is 294. The second-order valence-corrected chi connectivity index (χ2v) is 6.59. The van der Waals surface area contributed by atoms with E-state index in [4.69, 9.17) is 0 Å². The highest BCUT2D eigenvalue weighted by molar-refractivity contribution is 4.93. The van der Waals surface area contributed by atoms with Crippen molar-refractivity contribution in [1.82, 2.24) is 10.2 Å². The lowest BCUT2D eigenvalue weighted by atomic mass is 9.73. The summed E-state index contributed by atoms with van der Waals surface area (Å²) in [5, 5.41) is 3.38. The van der Waals surface area contributed by atoms with Crippen molar-refractivity contribution in [2.24, 2.45) is 5.41 Å². The Hall–Kier alpha value is -0.290. The number of nitrogens with zero attached hydrogens (tertiary/aromatic N) is 1. The van der Waals surface area contributed by atoms with E-state index in [0.29, 0.717) is 6.54 Å². The van der Waals surface area contributed by atoms with Crippen LogP contribution in [0.5, 0.6) is 0 Å². The second kappa shape index (κ2) is 6.65. The van der Waals surface area contributed by atoms with Crippen molar-refractivity contribution in [3.8, 4) is 0 Å². The molecule has 0 bridgehead atoms. The predicted molar refractivity (Wildman–Crippen MR) is 74.7 cm³/mol. The fraction of sp³-hybridized carbons (Fsp3) is 1.00. The highest BCUT2D eigenvalue weighted by Gasteiger charge is 2.42. The zero-order valence-corrected chi connectivity index (χ0v) is 12.4. The van der Waals surface area contributed by atoms with E-state index in [-0.39, 0.29) is 11.5 Å². The van der Waals surface area contributed by atoms with Gasteiger partial charge in [0.15, 0.2) is 0 Å². The van der Waals surface area contributed by atoms with Gasteiger partial charge in [-0.15, -0.1) is 0 Å². The van der Waals surface area contributed by atoms with Crippen molar-refractivity contribution in [2.45, 2.75) is 64.1 Å². The standard InChI is InChI=1S/C15H27F3N2/c1-2-19-10-14(8-4-3-5-9-14)11-20(13-6-7-13)12-15(16,17)18/h13,19H,2-12H2,1H3. The fourth-order valence-corrected chi connectivity index (χ4v) is 3.50. The van der Waals surface area contributed by atoms with E-state index in [1.807, 2.05) is 0 Å². The van der Waals surface area contributed by atoms with E-state index in [2.05, 4.69) is 12.2 Å². The van der Waals surface area contributed by atoms with Crippen molar-refractivity contribution in [3.63, 3.8) is 0 Å². The molecule has 118 valence electrons. The highest BCUT2D eigenvalue weighted by atomic mass is 19.4. The lowest BCUT2D eigenvalue weighted by Crippen LogP contribution is -2.48. The number of nitrogens with one attached hydrogen (secondary N) is 1. The molecule has 0 saturated heterocycles. The monoisotopic (exact) mass is 292 g/mol. The first-order valence-electron chi connectivity index (χ1n) is 7.96.